The Balaban J connectivity index is 1.86. The van der Waals surface area contributed by atoms with Crippen molar-refractivity contribution in [2.45, 2.75) is 58.4 Å². The minimum Gasteiger partial charge on any atom is -0.338 e. The maximum absolute atomic E-state index is 12.9. The summed E-state index contributed by atoms with van der Waals surface area (Å²) in [6, 6.07) is -0.733. The van der Waals surface area contributed by atoms with Gasteiger partial charge in [0.1, 0.15) is 6.04 Å². The fourth-order valence-electron chi connectivity index (χ4n) is 4.07. The topological polar surface area (TPSA) is 73.0 Å². The number of nitrogens with zero attached hydrogens (tertiary/aromatic N) is 3. The summed E-state index contributed by atoms with van der Waals surface area (Å²) in [6.07, 6.45) is 7.38. The van der Waals surface area contributed by atoms with Crippen LogP contribution in [0, 0.1) is 5.92 Å². The molecule has 3 amide bonds. The molecule has 1 atom stereocenters. The number of likely N-dealkylation sites (N-methyl/N-ethyl adjacent to an activating group) is 1. The van der Waals surface area contributed by atoms with Gasteiger partial charge in [-0.2, -0.15) is 0 Å². The van der Waals surface area contributed by atoms with E-state index in [1.165, 1.54) is 43.9 Å². The molecular weight excluding hydrogens is 388 g/mol. The molecule has 0 radical (unpaired) electrons. The van der Waals surface area contributed by atoms with Crippen LogP contribution in [-0.2, 0) is 9.59 Å². The zero-order valence-electron chi connectivity index (χ0n) is 18.3. The molecule has 0 aromatic carbocycles. The molecule has 2 rings (SSSR count). The number of piperazine rings is 1. The number of carbonyl (C=O) groups is 3. The van der Waals surface area contributed by atoms with Crippen molar-refractivity contribution in [3.05, 3.63) is 0 Å². The first-order valence-corrected chi connectivity index (χ1v) is 12.0. The SMILES string of the molecule is CC(=O)SCCN(CCC1CCCCC1)C(=O)NC(C)C(=O)N1CCN(C)CC1. The molecular formula is C21H38N4O3S. The second-order valence-corrected chi connectivity index (χ2v) is 9.69. The van der Waals surface area contributed by atoms with Crippen molar-refractivity contribution in [1.82, 2.24) is 20.0 Å². The molecule has 0 bridgehead atoms. The first kappa shape index (κ1) is 24.0. The van der Waals surface area contributed by atoms with Gasteiger partial charge in [-0.15, -0.1) is 0 Å². The van der Waals surface area contributed by atoms with Crippen molar-refractivity contribution < 1.29 is 14.4 Å². The van der Waals surface area contributed by atoms with E-state index in [4.69, 9.17) is 0 Å². The lowest BCUT2D eigenvalue weighted by Crippen LogP contribution is -2.55. The molecule has 2 fully saturated rings. The largest absolute Gasteiger partial charge is 0.338 e. The van der Waals surface area contributed by atoms with Gasteiger partial charge in [0.05, 0.1) is 0 Å². The molecule has 1 heterocycles. The molecule has 1 saturated carbocycles. The van der Waals surface area contributed by atoms with Crippen LogP contribution in [0.4, 0.5) is 4.79 Å². The molecule has 1 aliphatic carbocycles. The lowest BCUT2D eigenvalue weighted by molar-refractivity contribution is -0.134. The first-order chi connectivity index (χ1) is 13.9. The van der Waals surface area contributed by atoms with Crippen molar-refractivity contribution in [2.75, 3.05) is 52.1 Å². The fourth-order valence-corrected chi connectivity index (χ4v) is 4.67. The maximum Gasteiger partial charge on any atom is 0.318 e. The number of urea groups is 1. The lowest BCUT2D eigenvalue weighted by atomic mass is 9.87. The molecule has 29 heavy (non-hydrogen) atoms. The van der Waals surface area contributed by atoms with E-state index in [9.17, 15) is 14.4 Å². The molecule has 2 aliphatic rings. The van der Waals surface area contributed by atoms with Gasteiger partial charge in [0.25, 0.3) is 0 Å². The van der Waals surface area contributed by atoms with Crippen molar-refractivity contribution >= 4 is 28.8 Å². The normalized spacial score (nSPS) is 19.6. The Morgan fingerprint density at radius 3 is 2.34 bits per heavy atom. The van der Waals surface area contributed by atoms with Gasteiger partial charge in [-0.25, -0.2) is 4.79 Å². The van der Waals surface area contributed by atoms with Crippen LogP contribution in [0.5, 0.6) is 0 Å². The minimum absolute atomic E-state index is 0.0169. The van der Waals surface area contributed by atoms with Gasteiger partial charge in [-0.3, -0.25) is 9.59 Å². The molecule has 7 nitrogen and oxygen atoms in total. The molecule has 1 unspecified atom stereocenters. The first-order valence-electron chi connectivity index (χ1n) is 11.0. The summed E-state index contributed by atoms with van der Waals surface area (Å²) in [5.41, 5.74) is 0. The van der Waals surface area contributed by atoms with Crippen molar-refractivity contribution in [3.63, 3.8) is 0 Å². The molecule has 1 aliphatic heterocycles. The minimum atomic E-state index is -0.538. The number of hydrogen-bond acceptors (Lipinski definition) is 5. The standard InChI is InChI=1S/C21H38N4O3S/c1-17(20(27)24-13-11-23(3)12-14-24)22-21(28)25(15-16-29-18(2)26)10-9-19-7-5-4-6-8-19/h17,19H,4-16H2,1-3H3,(H,22,28). The monoisotopic (exact) mass is 426 g/mol. The van der Waals surface area contributed by atoms with E-state index in [1.54, 1.807) is 18.7 Å². The van der Waals surface area contributed by atoms with Crippen molar-refractivity contribution in [2.24, 2.45) is 5.92 Å². The number of thioether (sulfide) groups is 1. The average Bonchev–Trinajstić information content (AvgIpc) is 2.71. The Hall–Kier alpha value is -1.28. The molecule has 8 heteroatoms. The highest BCUT2D eigenvalue weighted by molar-refractivity contribution is 8.13. The Morgan fingerprint density at radius 1 is 1.07 bits per heavy atom. The fraction of sp³-hybridized carbons (Fsp3) is 0.857. The zero-order chi connectivity index (χ0) is 21.2. The van der Waals surface area contributed by atoms with E-state index in [0.717, 1.165) is 19.5 Å². The Kier molecular flexibility index (Phi) is 10.3. The van der Waals surface area contributed by atoms with Gasteiger partial charge in [0.15, 0.2) is 5.12 Å². The summed E-state index contributed by atoms with van der Waals surface area (Å²) in [4.78, 5) is 42.7. The third-order valence-corrected chi connectivity index (χ3v) is 6.80. The summed E-state index contributed by atoms with van der Waals surface area (Å²) >= 11 is 1.25. The Bertz CT molecular complexity index is 546. The van der Waals surface area contributed by atoms with Gasteiger partial charge in [0, 0.05) is 51.9 Å². The van der Waals surface area contributed by atoms with Gasteiger partial charge >= 0.3 is 6.03 Å². The Morgan fingerprint density at radius 2 is 1.72 bits per heavy atom. The highest BCUT2D eigenvalue weighted by Crippen LogP contribution is 2.26. The van der Waals surface area contributed by atoms with Crippen LogP contribution >= 0.6 is 11.8 Å². The number of carbonyl (C=O) groups excluding carboxylic acids is 3. The third kappa shape index (κ3) is 8.54. The second kappa shape index (κ2) is 12.4. The van der Waals surface area contributed by atoms with Gasteiger partial charge < -0.3 is 20.0 Å². The molecule has 0 spiro atoms. The number of amides is 3. The average molecular weight is 427 g/mol. The predicted molar refractivity (Wildman–Crippen MR) is 118 cm³/mol. The van der Waals surface area contributed by atoms with Crippen molar-refractivity contribution in [3.8, 4) is 0 Å². The van der Waals surface area contributed by atoms with Crippen LogP contribution in [0.25, 0.3) is 0 Å². The molecule has 1 N–H and O–H groups in total. The number of hydrogen-bond donors (Lipinski definition) is 1. The van der Waals surface area contributed by atoms with E-state index < -0.39 is 6.04 Å². The van der Waals surface area contributed by atoms with Crippen LogP contribution in [0.15, 0.2) is 0 Å². The quantitative estimate of drug-likeness (QED) is 0.645. The molecule has 0 aromatic heterocycles. The predicted octanol–water partition coefficient (Wildman–Crippen LogP) is 2.41. The van der Waals surface area contributed by atoms with Crippen LogP contribution in [0.3, 0.4) is 0 Å². The smallest absolute Gasteiger partial charge is 0.318 e. The summed E-state index contributed by atoms with van der Waals surface area (Å²) in [5, 5.41) is 2.97. The van der Waals surface area contributed by atoms with Gasteiger partial charge in [-0.05, 0) is 26.3 Å². The van der Waals surface area contributed by atoms with Crippen LogP contribution in [-0.4, -0.2) is 89.9 Å². The van der Waals surface area contributed by atoms with E-state index in [1.807, 2.05) is 4.90 Å². The van der Waals surface area contributed by atoms with Crippen LogP contribution in [0.1, 0.15) is 52.4 Å². The van der Waals surface area contributed by atoms with Crippen molar-refractivity contribution in [1.29, 1.82) is 0 Å². The van der Waals surface area contributed by atoms with Gasteiger partial charge in [-0.1, -0.05) is 43.9 Å². The molecule has 1 saturated heterocycles. The second-order valence-electron chi connectivity index (χ2n) is 8.42. The highest BCUT2D eigenvalue weighted by Gasteiger charge is 2.26. The third-order valence-electron chi connectivity index (χ3n) is 6.01. The lowest BCUT2D eigenvalue weighted by Gasteiger charge is -2.34. The summed E-state index contributed by atoms with van der Waals surface area (Å²) < 4.78 is 0. The molecule has 166 valence electrons. The van der Waals surface area contributed by atoms with Gasteiger partial charge in [0.2, 0.25) is 5.91 Å². The van der Waals surface area contributed by atoms with E-state index >= 15 is 0 Å². The maximum atomic E-state index is 12.9. The summed E-state index contributed by atoms with van der Waals surface area (Å²) in [6.45, 7) is 7.66. The number of rotatable bonds is 8. The van der Waals surface area contributed by atoms with Crippen LogP contribution < -0.4 is 5.32 Å². The summed E-state index contributed by atoms with van der Waals surface area (Å²) in [7, 11) is 2.05. The summed E-state index contributed by atoms with van der Waals surface area (Å²) in [5.74, 6) is 1.26. The van der Waals surface area contributed by atoms with E-state index in [2.05, 4.69) is 17.3 Å². The highest BCUT2D eigenvalue weighted by atomic mass is 32.2. The van der Waals surface area contributed by atoms with Crippen LogP contribution in [0.2, 0.25) is 0 Å². The number of nitrogens with one attached hydrogen (secondary N) is 1. The van der Waals surface area contributed by atoms with E-state index in [0.29, 0.717) is 37.8 Å². The van der Waals surface area contributed by atoms with E-state index in [-0.39, 0.29) is 17.1 Å². The zero-order valence-corrected chi connectivity index (χ0v) is 19.1. The molecule has 0 aromatic rings. The Labute approximate surface area is 179 Å².